The minimum Gasteiger partial charge on any atom is -0.461 e. The van der Waals surface area contributed by atoms with Crippen molar-refractivity contribution in [3.63, 3.8) is 0 Å². The monoisotopic (exact) mass is 608 g/mol. The molecule has 0 spiro atoms. The largest absolute Gasteiger partial charge is 0.461 e. The standard InChI is InChI=1S/C35H37ClN6O2/c1-2-31(43)42-15-14-40(20-24(42)8-11-37)33-28-18-29(36)27(25-7-3-6-22-16-23-17-26(23)32(22)25)19-30(28)38-34(39-33)44-21-35-9-4-12-41(35)13-5-10-35/h2-3,6-7,18-19,23-24,26H,1,4-5,8-10,12-17,20-21H2/t23?,24-,26?/m0/s1. The zero-order valence-electron chi connectivity index (χ0n) is 25.0. The number of anilines is 1. The molecule has 44 heavy (non-hydrogen) atoms. The molecule has 8 rings (SSSR count). The Labute approximate surface area is 263 Å². The van der Waals surface area contributed by atoms with Crippen molar-refractivity contribution >= 4 is 34.2 Å². The van der Waals surface area contributed by atoms with Crippen LogP contribution in [0.25, 0.3) is 22.0 Å². The molecule has 4 heterocycles. The van der Waals surface area contributed by atoms with Crippen LogP contribution in [0.4, 0.5) is 5.82 Å². The average molecular weight is 609 g/mol. The predicted molar refractivity (Wildman–Crippen MR) is 171 cm³/mol. The fraction of sp³-hybridized carbons (Fsp3) is 0.486. The van der Waals surface area contributed by atoms with Crippen LogP contribution in [0.3, 0.4) is 0 Å². The van der Waals surface area contributed by atoms with E-state index in [9.17, 15) is 10.1 Å². The number of ether oxygens (including phenoxy) is 1. The van der Waals surface area contributed by atoms with E-state index in [1.165, 1.54) is 42.0 Å². The zero-order chi connectivity index (χ0) is 30.0. The maximum Gasteiger partial charge on any atom is 0.319 e. The third-order valence-corrected chi connectivity index (χ3v) is 11.2. The average Bonchev–Trinajstić information content (AvgIpc) is 3.32. The van der Waals surface area contributed by atoms with Gasteiger partial charge < -0.3 is 14.5 Å². The number of aromatic nitrogens is 2. The first-order valence-corrected chi connectivity index (χ1v) is 16.4. The van der Waals surface area contributed by atoms with E-state index in [0.29, 0.717) is 43.2 Å². The van der Waals surface area contributed by atoms with Crippen molar-refractivity contribution in [2.24, 2.45) is 5.92 Å². The SMILES string of the molecule is C=CC(=O)N1CCN(c2nc(OCC34CCCN3CCC4)nc3cc(-c4cccc5c4C4CC4C5)c(Cl)cc23)C[C@@H]1CC#N. The number of piperazine rings is 1. The summed E-state index contributed by atoms with van der Waals surface area (Å²) in [5.74, 6) is 2.00. The van der Waals surface area contributed by atoms with Gasteiger partial charge in [-0.3, -0.25) is 9.69 Å². The number of amides is 1. The highest BCUT2D eigenvalue weighted by Gasteiger charge is 2.47. The van der Waals surface area contributed by atoms with Crippen molar-refractivity contribution in [2.45, 2.75) is 62.4 Å². The molecule has 3 saturated heterocycles. The molecule has 0 N–H and O–H groups in total. The first-order valence-electron chi connectivity index (χ1n) is 16.0. The van der Waals surface area contributed by atoms with Crippen molar-refractivity contribution < 1.29 is 9.53 Å². The number of benzene rings is 2. The molecule has 0 bridgehead atoms. The van der Waals surface area contributed by atoms with E-state index < -0.39 is 0 Å². The smallest absolute Gasteiger partial charge is 0.319 e. The lowest BCUT2D eigenvalue weighted by atomic mass is 9.93. The van der Waals surface area contributed by atoms with Crippen LogP contribution >= 0.6 is 11.6 Å². The first kappa shape index (κ1) is 27.8. The number of carbonyl (C=O) groups excluding carboxylic acids is 1. The molecule has 2 aromatic carbocycles. The van der Waals surface area contributed by atoms with E-state index in [4.69, 9.17) is 26.3 Å². The summed E-state index contributed by atoms with van der Waals surface area (Å²) >= 11 is 7.10. The third-order valence-electron chi connectivity index (χ3n) is 10.9. The van der Waals surface area contributed by atoms with Crippen LogP contribution in [0.1, 0.15) is 55.6 Å². The first-order chi connectivity index (χ1) is 21.5. The van der Waals surface area contributed by atoms with Crippen LogP contribution in [0.15, 0.2) is 43.0 Å². The molecule has 1 amide bonds. The summed E-state index contributed by atoms with van der Waals surface area (Å²) in [5, 5.41) is 11.1. The van der Waals surface area contributed by atoms with E-state index in [-0.39, 0.29) is 23.9 Å². The zero-order valence-corrected chi connectivity index (χ0v) is 25.7. The van der Waals surface area contributed by atoms with Gasteiger partial charge in [-0.05, 0) is 98.3 Å². The lowest BCUT2D eigenvalue weighted by Crippen LogP contribution is -2.55. The summed E-state index contributed by atoms with van der Waals surface area (Å²) in [7, 11) is 0. The normalized spacial score (nSPS) is 25.0. The molecular weight excluding hydrogens is 572 g/mol. The van der Waals surface area contributed by atoms with Crippen LogP contribution < -0.4 is 9.64 Å². The van der Waals surface area contributed by atoms with Gasteiger partial charge in [0.05, 0.1) is 29.6 Å². The molecule has 1 saturated carbocycles. The van der Waals surface area contributed by atoms with Gasteiger partial charge >= 0.3 is 6.01 Å². The molecule has 226 valence electrons. The Morgan fingerprint density at radius 2 is 2.00 bits per heavy atom. The van der Waals surface area contributed by atoms with Crippen LogP contribution in [-0.2, 0) is 11.2 Å². The Balaban J connectivity index is 1.20. The highest BCUT2D eigenvalue weighted by molar-refractivity contribution is 6.34. The van der Waals surface area contributed by atoms with Crippen molar-refractivity contribution in [3.8, 4) is 23.2 Å². The minimum absolute atomic E-state index is 0.0730. The number of fused-ring (bicyclic) bond motifs is 5. The van der Waals surface area contributed by atoms with Crippen molar-refractivity contribution in [1.29, 1.82) is 5.26 Å². The maximum absolute atomic E-state index is 12.6. The molecule has 8 nitrogen and oxygen atoms in total. The van der Waals surface area contributed by atoms with Crippen molar-refractivity contribution in [2.75, 3.05) is 44.2 Å². The van der Waals surface area contributed by atoms with Gasteiger partial charge in [-0.25, -0.2) is 0 Å². The summed E-state index contributed by atoms with van der Waals surface area (Å²) in [6, 6.07) is 13.1. The van der Waals surface area contributed by atoms with Gasteiger partial charge in [-0.2, -0.15) is 15.2 Å². The molecule has 2 aliphatic carbocycles. The maximum atomic E-state index is 12.6. The van der Waals surface area contributed by atoms with E-state index in [1.54, 1.807) is 4.90 Å². The lowest BCUT2D eigenvalue weighted by molar-refractivity contribution is -0.128. The second kappa shape index (κ2) is 10.7. The van der Waals surface area contributed by atoms with Gasteiger partial charge in [0.2, 0.25) is 5.91 Å². The quantitative estimate of drug-likeness (QED) is 0.317. The third kappa shape index (κ3) is 4.55. The highest BCUT2D eigenvalue weighted by Crippen LogP contribution is 2.59. The Bertz CT molecular complexity index is 1710. The van der Waals surface area contributed by atoms with E-state index >= 15 is 0 Å². The lowest BCUT2D eigenvalue weighted by Gasteiger charge is -2.41. The van der Waals surface area contributed by atoms with E-state index in [2.05, 4.69) is 46.7 Å². The highest BCUT2D eigenvalue weighted by atomic mass is 35.5. The number of hydrogen-bond acceptors (Lipinski definition) is 7. The molecule has 9 heteroatoms. The minimum atomic E-state index is -0.272. The van der Waals surface area contributed by atoms with Crippen molar-refractivity contribution in [3.05, 3.63) is 59.1 Å². The number of nitriles is 1. The number of rotatable bonds is 7. The molecule has 3 atom stereocenters. The number of hydrogen-bond donors (Lipinski definition) is 0. The number of carbonyl (C=O) groups is 1. The molecule has 4 fully saturated rings. The second-order valence-electron chi connectivity index (χ2n) is 13.3. The molecule has 3 aromatic rings. The number of halogens is 1. The molecule has 3 aliphatic heterocycles. The molecule has 0 radical (unpaired) electrons. The van der Waals surface area contributed by atoms with Gasteiger partial charge in [-0.15, -0.1) is 0 Å². The van der Waals surface area contributed by atoms with Gasteiger partial charge in [0.25, 0.3) is 0 Å². The van der Waals surface area contributed by atoms with Gasteiger partial charge in [0.1, 0.15) is 12.4 Å². The summed E-state index contributed by atoms with van der Waals surface area (Å²) in [6.45, 7) is 8.02. The van der Waals surface area contributed by atoms with Gasteiger partial charge in [-0.1, -0.05) is 36.4 Å². The summed E-state index contributed by atoms with van der Waals surface area (Å²) in [5.41, 5.74) is 5.97. The number of nitrogens with zero attached hydrogens (tertiary/aromatic N) is 6. The second-order valence-corrected chi connectivity index (χ2v) is 13.7. The Hall–Kier alpha value is -3.67. The van der Waals surface area contributed by atoms with E-state index in [0.717, 1.165) is 60.6 Å². The Morgan fingerprint density at radius 1 is 1.16 bits per heavy atom. The topological polar surface area (TPSA) is 85.6 Å². The summed E-state index contributed by atoms with van der Waals surface area (Å²) in [6.07, 6.45) is 8.67. The molecule has 2 unspecified atom stereocenters. The molecular formula is C35H37ClN6O2. The van der Waals surface area contributed by atoms with Gasteiger partial charge in [0, 0.05) is 35.6 Å². The fourth-order valence-electron chi connectivity index (χ4n) is 8.59. The van der Waals surface area contributed by atoms with Crippen LogP contribution in [0.2, 0.25) is 5.02 Å². The van der Waals surface area contributed by atoms with Crippen LogP contribution in [0, 0.1) is 17.2 Å². The van der Waals surface area contributed by atoms with Crippen LogP contribution in [0.5, 0.6) is 6.01 Å². The predicted octanol–water partition coefficient (Wildman–Crippen LogP) is 5.73. The van der Waals surface area contributed by atoms with Crippen LogP contribution in [-0.4, -0.2) is 76.6 Å². The fourth-order valence-corrected chi connectivity index (χ4v) is 8.86. The molecule has 5 aliphatic rings. The van der Waals surface area contributed by atoms with Crippen molar-refractivity contribution in [1.82, 2.24) is 19.8 Å². The van der Waals surface area contributed by atoms with E-state index in [1.807, 2.05) is 6.07 Å². The summed E-state index contributed by atoms with van der Waals surface area (Å²) in [4.78, 5) is 29.1. The van der Waals surface area contributed by atoms with Gasteiger partial charge in [0.15, 0.2) is 0 Å². The Morgan fingerprint density at radius 3 is 2.80 bits per heavy atom. The molecule has 1 aromatic heterocycles. The Kier molecular flexibility index (Phi) is 6.80. The summed E-state index contributed by atoms with van der Waals surface area (Å²) < 4.78 is 6.51.